The van der Waals surface area contributed by atoms with Crippen LogP contribution in [0.3, 0.4) is 0 Å². The number of unbranched alkanes of at least 4 members (excludes halogenated alkanes) is 1. The fourth-order valence-corrected chi connectivity index (χ4v) is 0.118. The summed E-state index contributed by atoms with van der Waals surface area (Å²) in [5, 5.41) is 8.06. The van der Waals surface area contributed by atoms with E-state index in [0.717, 1.165) is 12.7 Å². The molecule has 0 unspecified atom stereocenters. The predicted molar refractivity (Wildman–Crippen MR) is 38.3 cm³/mol. The molecule has 0 aromatic heterocycles. The second kappa shape index (κ2) is 10.6. The van der Waals surface area contributed by atoms with Crippen molar-refractivity contribution >= 4 is 6.29 Å². The van der Waals surface area contributed by atoms with E-state index in [9.17, 15) is 4.79 Å². The first kappa shape index (κ1) is 11.4. The zero-order valence-corrected chi connectivity index (χ0v) is 6.42. The number of carbonyl (C=O) groups is 1. The van der Waals surface area contributed by atoms with Crippen molar-refractivity contribution in [1.82, 2.24) is 0 Å². The molecule has 0 radical (unpaired) electrons. The molecule has 0 aliphatic rings. The molecule has 56 valence electrons. The van der Waals surface area contributed by atoms with Gasteiger partial charge in [-0.2, -0.15) is 0 Å². The number of aliphatic hydroxyl groups excluding tert-OH is 1. The van der Waals surface area contributed by atoms with E-state index in [2.05, 4.69) is 0 Å². The molecular weight excluding hydrogens is 116 g/mol. The minimum atomic E-state index is -0.167. The zero-order valence-electron chi connectivity index (χ0n) is 6.42. The van der Waals surface area contributed by atoms with E-state index < -0.39 is 0 Å². The minimum Gasteiger partial charge on any atom is -0.394 e. The zero-order chi connectivity index (χ0) is 7.70. The third kappa shape index (κ3) is 91.0. The van der Waals surface area contributed by atoms with Gasteiger partial charge < -0.3 is 9.90 Å². The third-order valence-corrected chi connectivity index (χ3v) is 0.407. The van der Waals surface area contributed by atoms with E-state index in [4.69, 9.17) is 5.11 Å². The molecule has 0 aromatic carbocycles. The van der Waals surface area contributed by atoms with Crippen LogP contribution in [0.2, 0.25) is 0 Å². The summed E-state index contributed by atoms with van der Waals surface area (Å²) in [7, 11) is 0. The molecule has 0 aliphatic carbocycles. The van der Waals surface area contributed by atoms with E-state index in [1.165, 1.54) is 0 Å². The first-order valence-corrected chi connectivity index (χ1v) is 3.26. The molecule has 0 aromatic rings. The van der Waals surface area contributed by atoms with Crippen LogP contribution >= 0.6 is 0 Å². The Morgan fingerprint density at radius 2 is 1.89 bits per heavy atom. The van der Waals surface area contributed by atoms with Gasteiger partial charge in [-0.25, -0.2) is 0 Å². The van der Waals surface area contributed by atoms with Crippen LogP contribution in [0.25, 0.3) is 0 Å². The number of hydrogen-bond acceptors (Lipinski definition) is 2. The predicted octanol–water partition coefficient (Wildman–Crippen LogP) is 1.37. The van der Waals surface area contributed by atoms with E-state index in [1.54, 1.807) is 13.8 Å². The molecular formula is C7H16O2. The molecule has 1 N–H and O–H groups in total. The van der Waals surface area contributed by atoms with Gasteiger partial charge in [0.15, 0.2) is 0 Å². The lowest BCUT2D eigenvalue weighted by atomic mass is 10.4. The van der Waals surface area contributed by atoms with E-state index >= 15 is 0 Å². The molecule has 2 nitrogen and oxygen atoms in total. The Morgan fingerprint density at radius 3 is 1.89 bits per heavy atom. The highest BCUT2D eigenvalue weighted by atomic mass is 16.3. The SMILES string of the molecule is CC(C)O.CCCC=O. The van der Waals surface area contributed by atoms with Gasteiger partial charge in [0.2, 0.25) is 0 Å². The average molecular weight is 132 g/mol. The molecule has 0 saturated carbocycles. The van der Waals surface area contributed by atoms with Crippen LogP contribution in [-0.2, 0) is 4.79 Å². The Labute approximate surface area is 56.9 Å². The Kier molecular flexibility index (Phi) is 13.4. The summed E-state index contributed by atoms with van der Waals surface area (Å²) in [5.74, 6) is 0. The van der Waals surface area contributed by atoms with Gasteiger partial charge in [0.05, 0.1) is 0 Å². The van der Waals surface area contributed by atoms with Crippen molar-refractivity contribution in [1.29, 1.82) is 0 Å². The minimum absolute atomic E-state index is 0.167. The molecule has 0 amide bonds. The molecule has 0 aliphatic heterocycles. The number of aliphatic hydroxyl groups is 1. The van der Waals surface area contributed by atoms with E-state index in [0.29, 0.717) is 6.42 Å². The molecule has 9 heavy (non-hydrogen) atoms. The Bertz CT molecular complexity index is 48.1. The van der Waals surface area contributed by atoms with Gasteiger partial charge in [-0.1, -0.05) is 6.92 Å². The van der Waals surface area contributed by atoms with Gasteiger partial charge in [0.25, 0.3) is 0 Å². The van der Waals surface area contributed by atoms with Crippen LogP contribution in [0.1, 0.15) is 33.6 Å². The lowest BCUT2D eigenvalue weighted by Crippen LogP contribution is -1.85. The van der Waals surface area contributed by atoms with Gasteiger partial charge in [-0.3, -0.25) is 0 Å². The van der Waals surface area contributed by atoms with Crippen LogP contribution in [-0.4, -0.2) is 17.5 Å². The summed E-state index contributed by atoms with van der Waals surface area (Å²) in [6.45, 7) is 5.43. The van der Waals surface area contributed by atoms with Gasteiger partial charge in [-0.15, -0.1) is 0 Å². The van der Waals surface area contributed by atoms with Crippen molar-refractivity contribution in [3.05, 3.63) is 0 Å². The Hall–Kier alpha value is -0.370. The van der Waals surface area contributed by atoms with Crippen LogP contribution in [0.4, 0.5) is 0 Å². The number of carbonyl (C=O) groups excluding carboxylic acids is 1. The largest absolute Gasteiger partial charge is 0.394 e. The van der Waals surface area contributed by atoms with Crippen molar-refractivity contribution < 1.29 is 9.90 Å². The molecule has 0 fully saturated rings. The van der Waals surface area contributed by atoms with Crippen LogP contribution < -0.4 is 0 Å². The van der Waals surface area contributed by atoms with Crippen molar-refractivity contribution in [2.24, 2.45) is 0 Å². The Morgan fingerprint density at radius 1 is 1.56 bits per heavy atom. The maximum Gasteiger partial charge on any atom is 0.119 e. The molecule has 0 spiro atoms. The van der Waals surface area contributed by atoms with Crippen LogP contribution in [0, 0.1) is 0 Å². The second-order valence-corrected chi connectivity index (χ2v) is 2.05. The molecule has 0 rings (SSSR count). The normalized spacial score (nSPS) is 8.11. The lowest BCUT2D eigenvalue weighted by Gasteiger charge is -1.80. The maximum absolute atomic E-state index is 9.40. The number of aldehydes is 1. The van der Waals surface area contributed by atoms with Gasteiger partial charge in [-0.05, 0) is 20.3 Å². The highest BCUT2D eigenvalue weighted by molar-refractivity contribution is 5.48. The summed E-state index contributed by atoms with van der Waals surface area (Å²) < 4.78 is 0. The smallest absolute Gasteiger partial charge is 0.119 e. The van der Waals surface area contributed by atoms with E-state index in [-0.39, 0.29) is 6.10 Å². The van der Waals surface area contributed by atoms with Crippen molar-refractivity contribution in [3.8, 4) is 0 Å². The summed E-state index contributed by atoms with van der Waals surface area (Å²) >= 11 is 0. The summed E-state index contributed by atoms with van der Waals surface area (Å²) in [4.78, 5) is 9.40. The quantitative estimate of drug-likeness (QED) is 0.576. The van der Waals surface area contributed by atoms with Crippen molar-refractivity contribution in [3.63, 3.8) is 0 Å². The highest BCUT2D eigenvalue weighted by Gasteiger charge is 1.69. The highest BCUT2D eigenvalue weighted by Crippen LogP contribution is 1.74. The average Bonchev–Trinajstić information content (AvgIpc) is 1.66. The first-order valence-electron chi connectivity index (χ1n) is 3.26. The van der Waals surface area contributed by atoms with Gasteiger partial charge >= 0.3 is 0 Å². The topological polar surface area (TPSA) is 37.3 Å². The fourth-order valence-electron chi connectivity index (χ4n) is 0.118. The van der Waals surface area contributed by atoms with Crippen LogP contribution in [0.5, 0.6) is 0 Å². The molecule has 0 saturated heterocycles. The summed E-state index contributed by atoms with van der Waals surface area (Å²) in [5.41, 5.74) is 0. The Balaban J connectivity index is 0. The van der Waals surface area contributed by atoms with E-state index in [1.807, 2.05) is 6.92 Å². The van der Waals surface area contributed by atoms with Crippen molar-refractivity contribution in [2.45, 2.75) is 39.7 Å². The van der Waals surface area contributed by atoms with Gasteiger partial charge in [0.1, 0.15) is 6.29 Å². The van der Waals surface area contributed by atoms with Gasteiger partial charge in [0, 0.05) is 12.5 Å². The number of rotatable bonds is 2. The second-order valence-electron chi connectivity index (χ2n) is 2.05. The number of hydrogen-bond donors (Lipinski definition) is 1. The summed E-state index contributed by atoms with van der Waals surface area (Å²) in [6, 6.07) is 0. The lowest BCUT2D eigenvalue weighted by molar-refractivity contribution is -0.107. The monoisotopic (exact) mass is 132 g/mol. The summed E-state index contributed by atoms with van der Waals surface area (Å²) in [6.07, 6.45) is 2.45. The maximum atomic E-state index is 9.40. The molecule has 0 heterocycles. The standard InChI is InChI=1S/C4H8O.C3H8O/c1-2-3-4-5;1-3(2)4/h4H,2-3H2,1H3;3-4H,1-2H3. The molecule has 0 atom stereocenters. The fraction of sp³-hybridized carbons (Fsp3) is 0.857. The molecule has 2 heteroatoms. The van der Waals surface area contributed by atoms with Crippen LogP contribution in [0.15, 0.2) is 0 Å². The molecule has 0 bridgehead atoms. The third-order valence-electron chi connectivity index (χ3n) is 0.407. The first-order chi connectivity index (χ1) is 4.15. The van der Waals surface area contributed by atoms with Crippen molar-refractivity contribution in [2.75, 3.05) is 0 Å².